The van der Waals surface area contributed by atoms with Gasteiger partial charge >= 0.3 is 0 Å². The quantitative estimate of drug-likeness (QED) is 0.824. The van der Waals surface area contributed by atoms with Gasteiger partial charge in [-0.25, -0.2) is 0 Å². The van der Waals surface area contributed by atoms with Gasteiger partial charge in [0, 0.05) is 12.8 Å². The average molecular weight is 324 g/mol. The molecule has 0 bridgehead atoms. The maximum atomic E-state index is 10.2. The Bertz CT molecular complexity index is 344. The van der Waals surface area contributed by atoms with Gasteiger partial charge in [-0.2, -0.15) is 5.26 Å². The largest absolute Gasteiger partial charge is 0.330 e. The van der Waals surface area contributed by atoms with Crippen LogP contribution in [-0.4, -0.2) is 24.4 Å². The minimum Gasteiger partial charge on any atom is -0.330 e. The van der Waals surface area contributed by atoms with E-state index in [1.54, 1.807) is 0 Å². The molecule has 0 amide bonds. The lowest BCUT2D eigenvalue weighted by molar-refractivity contribution is -0.117. The molecule has 4 heteroatoms. The summed E-state index contributed by atoms with van der Waals surface area (Å²) in [6, 6.07) is 2.42. The van der Waals surface area contributed by atoms with Crippen LogP contribution in [0, 0.1) is 23.2 Å². The highest BCUT2D eigenvalue weighted by molar-refractivity contribution is 5.80. The standard InChI is InChI=1S/C10H18N2.C5H8O.C4H11N/c1-9(2)7-12-10(8-11)5-3-4-6-10;6-5-3-1-2-4-5;1-4(2)3-5/h9,12H,3-7H2,1-2H3;1-4H2;4H,3,5H2,1-2H3. The monoisotopic (exact) mass is 323 g/mol. The van der Waals surface area contributed by atoms with Gasteiger partial charge in [-0.1, -0.05) is 40.5 Å². The maximum Gasteiger partial charge on any atom is 0.132 e. The molecule has 0 radical (unpaired) electrons. The minimum atomic E-state index is -0.176. The van der Waals surface area contributed by atoms with Crippen LogP contribution in [0.4, 0.5) is 0 Å². The molecule has 0 aromatic rings. The number of nitrogens with two attached hydrogens (primary N) is 1. The second-order valence-electron chi connectivity index (χ2n) is 7.55. The number of nitrogens with one attached hydrogen (secondary N) is 1. The van der Waals surface area contributed by atoms with Crippen molar-refractivity contribution in [1.82, 2.24) is 5.32 Å². The first-order chi connectivity index (χ1) is 10.8. The molecule has 0 unspecified atom stereocenters. The second kappa shape index (κ2) is 12.5. The van der Waals surface area contributed by atoms with E-state index in [-0.39, 0.29) is 5.54 Å². The molecule has 0 spiro atoms. The first-order valence-corrected chi connectivity index (χ1v) is 9.23. The van der Waals surface area contributed by atoms with Crippen molar-refractivity contribution >= 4 is 5.78 Å². The van der Waals surface area contributed by atoms with Crippen molar-refractivity contribution in [2.45, 2.75) is 84.6 Å². The van der Waals surface area contributed by atoms with Crippen molar-refractivity contribution < 1.29 is 4.79 Å². The highest BCUT2D eigenvalue weighted by atomic mass is 16.1. The van der Waals surface area contributed by atoms with Crippen LogP contribution in [0.2, 0.25) is 0 Å². The molecule has 23 heavy (non-hydrogen) atoms. The maximum absolute atomic E-state index is 10.2. The summed E-state index contributed by atoms with van der Waals surface area (Å²) in [6.45, 7) is 10.3. The number of hydrogen-bond acceptors (Lipinski definition) is 4. The Morgan fingerprint density at radius 2 is 1.57 bits per heavy atom. The molecule has 0 atom stereocenters. The number of carbonyl (C=O) groups is 1. The summed E-state index contributed by atoms with van der Waals surface area (Å²) >= 11 is 0. The Hall–Kier alpha value is -0.920. The van der Waals surface area contributed by atoms with Crippen LogP contribution in [-0.2, 0) is 4.79 Å². The Labute approximate surface area is 143 Å². The zero-order valence-electron chi connectivity index (χ0n) is 15.7. The number of hydrogen-bond donors (Lipinski definition) is 2. The molecule has 134 valence electrons. The molecular weight excluding hydrogens is 286 g/mol. The third kappa shape index (κ3) is 11.3. The summed E-state index contributed by atoms with van der Waals surface area (Å²) in [5, 5.41) is 12.4. The third-order valence-electron chi connectivity index (χ3n) is 4.15. The van der Waals surface area contributed by atoms with Crippen molar-refractivity contribution in [3.05, 3.63) is 0 Å². The van der Waals surface area contributed by atoms with Crippen molar-refractivity contribution in [3.63, 3.8) is 0 Å². The second-order valence-corrected chi connectivity index (χ2v) is 7.55. The molecule has 2 saturated carbocycles. The predicted molar refractivity (Wildman–Crippen MR) is 97.0 cm³/mol. The van der Waals surface area contributed by atoms with Crippen LogP contribution in [0.25, 0.3) is 0 Å². The minimum absolute atomic E-state index is 0.176. The predicted octanol–water partition coefficient (Wildman–Crippen LogP) is 3.80. The molecule has 4 nitrogen and oxygen atoms in total. The number of Topliss-reactive ketones (excluding diaryl/α,β-unsaturated/α-hetero) is 1. The van der Waals surface area contributed by atoms with E-state index in [1.807, 2.05) is 0 Å². The molecule has 0 heterocycles. The molecule has 2 rings (SSSR count). The van der Waals surface area contributed by atoms with Gasteiger partial charge in [0.1, 0.15) is 11.3 Å². The molecule has 3 N–H and O–H groups in total. The lowest BCUT2D eigenvalue weighted by Gasteiger charge is -2.23. The van der Waals surface area contributed by atoms with Crippen molar-refractivity contribution in [2.24, 2.45) is 17.6 Å². The fourth-order valence-electron chi connectivity index (χ4n) is 2.48. The average Bonchev–Trinajstić information content (AvgIpc) is 3.18. The van der Waals surface area contributed by atoms with Crippen molar-refractivity contribution in [2.75, 3.05) is 13.1 Å². The van der Waals surface area contributed by atoms with Crippen LogP contribution < -0.4 is 11.1 Å². The SMILES string of the molecule is CC(C)CN.CC(C)CNC1(C#N)CCCC1.O=C1CCCC1. The fraction of sp³-hybridized carbons (Fsp3) is 0.895. The van der Waals surface area contributed by atoms with E-state index in [1.165, 1.54) is 12.8 Å². The van der Waals surface area contributed by atoms with Gasteiger partial charge in [0.15, 0.2) is 0 Å². The zero-order valence-corrected chi connectivity index (χ0v) is 15.7. The van der Waals surface area contributed by atoms with Gasteiger partial charge in [-0.3, -0.25) is 10.1 Å². The molecule has 0 aromatic carbocycles. The molecule has 0 saturated heterocycles. The van der Waals surface area contributed by atoms with E-state index < -0.39 is 0 Å². The van der Waals surface area contributed by atoms with Crippen molar-refractivity contribution in [3.8, 4) is 6.07 Å². The van der Waals surface area contributed by atoms with Crippen LogP contribution in [0.3, 0.4) is 0 Å². The summed E-state index contributed by atoms with van der Waals surface area (Å²) < 4.78 is 0. The Morgan fingerprint density at radius 3 is 1.83 bits per heavy atom. The Balaban J connectivity index is 0.000000367. The summed E-state index contributed by atoms with van der Waals surface area (Å²) in [7, 11) is 0. The summed E-state index contributed by atoms with van der Waals surface area (Å²) in [5.74, 6) is 1.75. The van der Waals surface area contributed by atoms with Crippen molar-refractivity contribution in [1.29, 1.82) is 5.26 Å². The first kappa shape index (κ1) is 22.1. The number of rotatable bonds is 4. The Kier molecular flexibility index (Phi) is 12.0. The highest BCUT2D eigenvalue weighted by Gasteiger charge is 2.32. The lowest BCUT2D eigenvalue weighted by atomic mass is 9.99. The number of nitriles is 1. The molecule has 2 aliphatic carbocycles. The van der Waals surface area contributed by atoms with E-state index >= 15 is 0 Å². The van der Waals surface area contributed by atoms with Crippen LogP contribution in [0.15, 0.2) is 0 Å². The number of ketones is 1. The smallest absolute Gasteiger partial charge is 0.132 e. The van der Waals surface area contributed by atoms with Crippen LogP contribution in [0.1, 0.15) is 79.1 Å². The normalized spacial score (nSPS) is 19.0. The highest BCUT2D eigenvalue weighted by Crippen LogP contribution is 2.28. The van der Waals surface area contributed by atoms with E-state index in [2.05, 4.69) is 39.1 Å². The van der Waals surface area contributed by atoms with Gasteiger partial charge in [-0.15, -0.1) is 0 Å². The van der Waals surface area contributed by atoms with Gasteiger partial charge in [0.2, 0.25) is 0 Å². The fourth-order valence-corrected chi connectivity index (χ4v) is 2.48. The summed E-state index contributed by atoms with van der Waals surface area (Å²) in [6.07, 6.45) is 8.46. The van der Waals surface area contributed by atoms with Crippen LogP contribution >= 0.6 is 0 Å². The topological polar surface area (TPSA) is 78.9 Å². The van der Waals surface area contributed by atoms with E-state index in [4.69, 9.17) is 11.0 Å². The Morgan fingerprint density at radius 1 is 1.09 bits per heavy atom. The van der Waals surface area contributed by atoms with Gasteiger partial charge < -0.3 is 5.73 Å². The van der Waals surface area contributed by atoms with Gasteiger partial charge in [-0.05, 0) is 50.6 Å². The van der Waals surface area contributed by atoms with Gasteiger partial charge in [0.25, 0.3) is 0 Å². The number of carbonyl (C=O) groups excluding carboxylic acids is 1. The molecule has 2 aliphatic rings. The first-order valence-electron chi connectivity index (χ1n) is 9.23. The molecule has 0 aliphatic heterocycles. The lowest BCUT2D eigenvalue weighted by Crippen LogP contribution is -2.42. The summed E-state index contributed by atoms with van der Waals surface area (Å²) in [4.78, 5) is 10.2. The van der Waals surface area contributed by atoms with Gasteiger partial charge in [0.05, 0.1) is 6.07 Å². The number of nitrogens with zero attached hydrogens (tertiary/aromatic N) is 1. The molecular formula is C19H37N3O. The summed E-state index contributed by atoms with van der Waals surface area (Å²) in [5.41, 5.74) is 4.99. The van der Waals surface area contributed by atoms with E-state index in [0.29, 0.717) is 17.6 Å². The molecule has 2 fully saturated rings. The van der Waals surface area contributed by atoms with Crippen LogP contribution in [0.5, 0.6) is 0 Å². The third-order valence-corrected chi connectivity index (χ3v) is 4.15. The van der Waals surface area contributed by atoms with E-state index in [9.17, 15) is 4.79 Å². The molecule has 0 aromatic heterocycles. The van der Waals surface area contributed by atoms with E-state index in [0.717, 1.165) is 51.6 Å². The zero-order chi connectivity index (χ0) is 17.7.